The number of sulfonamides is 1. The second-order valence-corrected chi connectivity index (χ2v) is 8.58. The van der Waals surface area contributed by atoms with Gasteiger partial charge in [0, 0.05) is 18.8 Å². The molecule has 0 bridgehead atoms. The zero-order valence-corrected chi connectivity index (χ0v) is 16.2. The first kappa shape index (κ1) is 19.7. The van der Waals surface area contributed by atoms with Gasteiger partial charge in [0.2, 0.25) is 5.91 Å². The minimum absolute atomic E-state index is 0.00583. The summed E-state index contributed by atoms with van der Waals surface area (Å²) in [6, 6.07) is 12.9. The highest BCUT2D eigenvalue weighted by molar-refractivity contribution is 7.92. The Bertz CT molecular complexity index is 908. The molecule has 0 aliphatic carbocycles. The maximum absolute atomic E-state index is 12.4. The van der Waals surface area contributed by atoms with Crippen LogP contribution in [0, 0.1) is 0 Å². The number of hydrogen-bond acceptors (Lipinski definition) is 4. The van der Waals surface area contributed by atoms with Crippen LogP contribution in [0.15, 0.2) is 53.4 Å². The minimum Gasteiger partial charge on any atom is -0.393 e. The van der Waals surface area contributed by atoms with Crippen molar-refractivity contribution in [2.24, 2.45) is 0 Å². The molecule has 2 aromatic rings. The second-order valence-electron chi connectivity index (χ2n) is 6.52. The van der Waals surface area contributed by atoms with Crippen LogP contribution in [0.25, 0.3) is 0 Å². The fourth-order valence-electron chi connectivity index (χ4n) is 2.97. The van der Waals surface area contributed by atoms with Crippen molar-refractivity contribution in [2.75, 3.05) is 17.8 Å². The van der Waals surface area contributed by atoms with Gasteiger partial charge in [-0.05, 0) is 42.7 Å². The second kappa shape index (κ2) is 8.29. The molecule has 1 amide bonds. The highest BCUT2D eigenvalue weighted by Gasteiger charge is 2.21. The van der Waals surface area contributed by atoms with E-state index in [-0.39, 0.29) is 28.4 Å². The number of carbonyl (C=O) groups excluding carboxylic acids is 1. The fourth-order valence-corrected chi connectivity index (χ4v) is 4.54. The first-order valence-corrected chi connectivity index (χ1v) is 10.5. The van der Waals surface area contributed by atoms with E-state index < -0.39 is 10.0 Å². The van der Waals surface area contributed by atoms with E-state index in [1.54, 1.807) is 41.3 Å². The molecule has 2 N–H and O–H groups in total. The lowest BCUT2D eigenvalue weighted by molar-refractivity contribution is -0.132. The number of anilines is 1. The van der Waals surface area contributed by atoms with Gasteiger partial charge in [-0.3, -0.25) is 9.52 Å². The number of piperidine rings is 1. The number of rotatable bonds is 5. The number of aliphatic hydroxyl groups excluding tert-OH is 1. The Morgan fingerprint density at radius 2 is 1.74 bits per heavy atom. The summed E-state index contributed by atoms with van der Waals surface area (Å²) < 4.78 is 27.4. The molecule has 0 unspecified atom stereocenters. The molecule has 0 radical (unpaired) electrons. The van der Waals surface area contributed by atoms with Crippen molar-refractivity contribution >= 4 is 33.2 Å². The molecule has 8 heteroatoms. The van der Waals surface area contributed by atoms with Crippen molar-refractivity contribution < 1.29 is 18.3 Å². The molecule has 2 aromatic carbocycles. The molecule has 1 aliphatic heterocycles. The molecule has 3 rings (SSSR count). The summed E-state index contributed by atoms with van der Waals surface area (Å²) in [7, 11) is -3.78. The molecule has 1 aliphatic rings. The number of nitrogens with one attached hydrogen (secondary N) is 1. The number of halogens is 1. The normalized spacial score (nSPS) is 15.6. The van der Waals surface area contributed by atoms with Crippen LogP contribution in [-0.2, 0) is 21.2 Å². The standard InChI is InChI=1S/C19H21ClN2O4S/c20-17-3-1-2-4-18(17)27(25,26)21-15-7-5-14(6-8-15)13-19(24)22-11-9-16(23)10-12-22/h1-8,16,21,23H,9-13H2. The van der Waals surface area contributed by atoms with Gasteiger partial charge in [-0.15, -0.1) is 0 Å². The van der Waals surface area contributed by atoms with E-state index in [0.717, 1.165) is 5.56 Å². The number of nitrogens with zero attached hydrogens (tertiary/aromatic N) is 1. The summed E-state index contributed by atoms with van der Waals surface area (Å²) in [5.74, 6) is 0.00583. The molecule has 0 saturated carbocycles. The summed E-state index contributed by atoms with van der Waals surface area (Å²) in [5, 5.41) is 9.67. The van der Waals surface area contributed by atoms with Crippen molar-refractivity contribution in [3.8, 4) is 0 Å². The molecule has 1 fully saturated rings. The van der Waals surface area contributed by atoms with Crippen LogP contribution in [0.3, 0.4) is 0 Å². The van der Waals surface area contributed by atoms with E-state index in [4.69, 9.17) is 11.6 Å². The molecule has 1 heterocycles. The first-order chi connectivity index (χ1) is 12.8. The lowest BCUT2D eigenvalue weighted by Gasteiger charge is -2.29. The van der Waals surface area contributed by atoms with Crippen molar-refractivity contribution in [2.45, 2.75) is 30.3 Å². The Balaban J connectivity index is 1.63. The Morgan fingerprint density at radius 3 is 2.37 bits per heavy atom. The molecule has 0 aromatic heterocycles. The zero-order chi connectivity index (χ0) is 19.4. The third-order valence-electron chi connectivity index (χ3n) is 4.50. The average molecular weight is 409 g/mol. The topological polar surface area (TPSA) is 86.7 Å². The maximum Gasteiger partial charge on any atom is 0.263 e. The van der Waals surface area contributed by atoms with E-state index in [2.05, 4.69) is 4.72 Å². The highest BCUT2D eigenvalue weighted by atomic mass is 35.5. The SMILES string of the molecule is O=C(Cc1ccc(NS(=O)(=O)c2ccccc2Cl)cc1)N1CCC(O)CC1. The van der Waals surface area contributed by atoms with Crippen LogP contribution in [-0.4, -0.2) is 43.5 Å². The Hall–Kier alpha value is -2.09. The third kappa shape index (κ3) is 5.00. The summed E-state index contributed by atoms with van der Waals surface area (Å²) >= 11 is 5.96. The van der Waals surface area contributed by atoms with E-state index in [1.807, 2.05) is 0 Å². The number of benzene rings is 2. The third-order valence-corrected chi connectivity index (χ3v) is 6.39. The van der Waals surface area contributed by atoms with Gasteiger partial charge in [0.25, 0.3) is 10.0 Å². The average Bonchev–Trinajstić information content (AvgIpc) is 2.64. The Morgan fingerprint density at radius 1 is 1.11 bits per heavy atom. The van der Waals surface area contributed by atoms with Gasteiger partial charge in [-0.1, -0.05) is 35.9 Å². The molecular formula is C19H21ClN2O4S. The van der Waals surface area contributed by atoms with Crippen LogP contribution in [0.4, 0.5) is 5.69 Å². The zero-order valence-electron chi connectivity index (χ0n) is 14.6. The summed E-state index contributed by atoms with van der Waals surface area (Å²) in [6.07, 6.45) is 1.14. The van der Waals surface area contributed by atoms with E-state index >= 15 is 0 Å². The van der Waals surface area contributed by atoms with E-state index in [0.29, 0.717) is 31.6 Å². The lowest BCUT2D eigenvalue weighted by Crippen LogP contribution is -2.40. The first-order valence-electron chi connectivity index (χ1n) is 8.67. The summed E-state index contributed by atoms with van der Waals surface area (Å²) in [5.41, 5.74) is 1.19. The van der Waals surface area contributed by atoms with E-state index in [1.165, 1.54) is 12.1 Å². The van der Waals surface area contributed by atoms with Gasteiger partial charge in [0.15, 0.2) is 0 Å². The van der Waals surface area contributed by atoms with Crippen molar-refractivity contribution in [3.05, 3.63) is 59.1 Å². The molecule has 1 saturated heterocycles. The fraction of sp³-hybridized carbons (Fsp3) is 0.316. The summed E-state index contributed by atoms with van der Waals surface area (Å²) in [6.45, 7) is 1.13. The number of likely N-dealkylation sites (tertiary alicyclic amines) is 1. The minimum atomic E-state index is -3.78. The monoisotopic (exact) mass is 408 g/mol. The molecular weight excluding hydrogens is 388 g/mol. The van der Waals surface area contributed by atoms with Gasteiger partial charge in [0.05, 0.1) is 17.5 Å². The predicted molar refractivity (Wildman–Crippen MR) is 104 cm³/mol. The largest absolute Gasteiger partial charge is 0.393 e. The molecule has 0 atom stereocenters. The number of aliphatic hydroxyl groups is 1. The van der Waals surface area contributed by atoms with Gasteiger partial charge >= 0.3 is 0 Å². The smallest absolute Gasteiger partial charge is 0.263 e. The van der Waals surface area contributed by atoms with Crippen molar-refractivity contribution in [1.29, 1.82) is 0 Å². The van der Waals surface area contributed by atoms with Gasteiger partial charge < -0.3 is 10.0 Å². The molecule has 27 heavy (non-hydrogen) atoms. The van der Waals surface area contributed by atoms with E-state index in [9.17, 15) is 18.3 Å². The Kier molecular flexibility index (Phi) is 6.04. The Labute approximate surface area is 163 Å². The summed E-state index contributed by atoms with van der Waals surface area (Å²) in [4.78, 5) is 14.1. The molecule has 144 valence electrons. The quantitative estimate of drug-likeness (QED) is 0.796. The maximum atomic E-state index is 12.4. The number of amides is 1. The van der Waals surface area contributed by atoms with Crippen LogP contribution < -0.4 is 4.72 Å². The van der Waals surface area contributed by atoms with Crippen molar-refractivity contribution in [3.63, 3.8) is 0 Å². The van der Waals surface area contributed by atoms with Crippen LogP contribution in [0.5, 0.6) is 0 Å². The molecule has 6 nitrogen and oxygen atoms in total. The van der Waals surface area contributed by atoms with Gasteiger partial charge in [0.1, 0.15) is 4.90 Å². The predicted octanol–water partition coefficient (Wildman–Crippen LogP) is 2.67. The van der Waals surface area contributed by atoms with Crippen LogP contribution >= 0.6 is 11.6 Å². The van der Waals surface area contributed by atoms with Crippen LogP contribution in [0.2, 0.25) is 5.02 Å². The molecule has 0 spiro atoms. The number of hydrogen-bond donors (Lipinski definition) is 2. The lowest BCUT2D eigenvalue weighted by atomic mass is 10.1. The van der Waals surface area contributed by atoms with Crippen LogP contribution in [0.1, 0.15) is 18.4 Å². The number of carbonyl (C=O) groups is 1. The highest BCUT2D eigenvalue weighted by Crippen LogP contribution is 2.23. The van der Waals surface area contributed by atoms with Gasteiger partial charge in [-0.2, -0.15) is 0 Å². The van der Waals surface area contributed by atoms with Gasteiger partial charge in [-0.25, -0.2) is 8.42 Å². The van der Waals surface area contributed by atoms with Crippen molar-refractivity contribution in [1.82, 2.24) is 4.90 Å².